The van der Waals surface area contributed by atoms with E-state index in [1.54, 1.807) is 23.5 Å². The summed E-state index contributed by atoms with van der Waals surface area (Å²) in [6.07, 6.45) is 1.60. The molecule has 0 spiro atoms. The van der Waals surface area contributed by atoms with Gasteiger partial charge in [-0.3, -0.25) is 4.79 Å². The zero-order valence-corrected chi connectivity index (χ0v) is 13.6. The Balaban J connectivity index is 1.78. The van der Waals surface area contributed by atoms with E-state index in [0.29, 0.717) is 11.8 Å². The highest BCUT2D eigenvalue weighted by atomic mass is 32.1. The largest absolute Gasteiger partial charge is 0.545 e. The molecular weight excluding hydrogens is 324 g/mol. The average molecular weight is 337 g/mol. The van der Waals surface area contributed by atoms with Crippen LogP contribution < -0.4 is 10.4 Å². The molecule has 24 heavy (non-hydrogen) atoms. The van der Waals surface area contributed by atoms with Gasteiger partial charge in [0.05, 0.1) is 16.2 Å². The van der Waals surface area contributed by atoms with Gasteiger partial charge in [0, 0.05) is 17.3 Å². The smallest absolute Gasteiger partial charge is 0.248 e. The van der Waals surface area contributed by atoms with Gasteiger partial charge in [-0.15, -0.1) is 11.3 Å². The number of aromatic nitrogens is 1. The first kappa shape index (κ1) is 15.9. The first-order chi connectivity index (χ1) is 11.5. The van der Waals surface area contributed by atoms with Crippen LogP contribution >= 0.6 is 11.3 Å². The zero-order valence-electron chi connectivity index (χ0n) is 12.8. The summed E-state index contributed by atoms with van der Waals surface area (Å²) >= 11 is 1.61. The molecular formula is C18H13N2O3S-. The Hall–Kier alpha value is -2.99. The first-order valence-electron chi connectivity index (χ1n) is 7.19. The lowest BCUT2D eigenvalue weighted by Crippen LogP contribution is -2.20. The lowest BCUT2D eigenvalue weighted by Gasteiger charge is -2.03. The molecule has 0 atom stereocenters. The minimum absolute atomic E-state index is 0.526. The number of thiazole rings is 1. The summed E-state index contributed by atoms with van der Waals surface area (Å²) in [4.78, 5) is 26.4. The summed E-state index contributed by atoms with van der Waals surface area (Å²) in [6.45, 7) is 2.03. The standard InChI is InChI=1S/C18H14N2O3S/c1-11-2-7-15-14(10-11)20-18(24-15)12-3-5-13(6-4-12)19-16(21)8-9-17(22)23/h2-10H,1H3,(H,19,21)(H,22,23)/p-1/b9-8+. The number of hydrogen-bond acceptors (Lipinski definition) is 5. The monoisotopic (exact) mass is 337 g/mol. The molecule has 0 aliphatic carbocycles. The van der Waals surface area contributed by atoms with Crippen LogP contribution in [0, 0.1) is 6.92 Å². The third-order valence-electron chi connectivity index (χ3n) is 3.31. The van der Waals surface area contributed by atoms with Crippen molar-refractivity contribution in [3.05, 3.63) is 60.2 Å². The molecule has 1 aromatic heterocycles. The Kier molecular flexibility index (Phi) is 4.39. The van der Waals surface area contributed by atoms with Crippen LogP contribution in [0.1, 0.15) is 5.56 Å². The van der Waals surface area contributed by atoms with Gasteiger partial charge < -0.3 is 15.2 Å². The number of fused-ring (bicyclic) bond motifs is 1. The van der Waals surface area contributed by atoms with Gasteiger partial charge in [-0.1, -0.05) is 6.07 Å². The Morgan fingerprint density at radius 2 is 1.88 bits per heavy atom. The molecule has 0 saturated heterocycles. The Bertz CT molecular complexity index is 943. The van der Waals surface area contributed by atoms with Crippen LogP contribution in [0.3, 0.4) is 0 Å². The highest BCUT2D eigenvalue weighted by molar-refractivity contribution is 7.21. The summed E-state index contributed by atoms with van der Waals surface area (Å²) in [5.74, 6) is -1.94. The van der Waals surface area contributed by atoms with E-state index in [1.807, 2.05) is 25.1 Å². The molecule has 3 aromatic rings. The van der Waals surface area contributed by atoms with Crippen LogP contribution in [0.4, 0.5) is 5.69 Å². The minimum Gasteiger partial charge on any atom is -0.545 e. The highest BCUT2D eigenvalue weighted by Gasteiger charge is 2.07. The van der Waals surface area contributed by atoms with Crippen molar-refractivity contribution in [2.75, 3.05) is 5.32 Å². The van der Waals surface area contributed by atoms with Crippen LogP contribution in [0.25, 0.3) is 20.8 Å². The van der Waals surface area contributed by atoms with E-state index in [0.717, 1.165) is 26.9 Å². The second-order valence-corrected chi connectivity index (χ2v) is 6.24. The van der Waals surface area contributed by atoms with Crippen LogP contribution in [0.5, 0.6) is 0 Å². The van der Waals surface area contributed by atoms with Crippen molar-refractivity contribution >= 4 is 39.1 Å². The zero-order chi connectivity index (χ0) is 17.1. The quantitative estimate of drug-likeness (QED) is 0.742. The average Bonchev–Trinajstić information content (AvgIpc) is 2.96. The number of amides is 1. The second-order valence-electron chi connectivity index (χ2n) is 5.21. The number of carbonyl (C=O) groups excluding carboxylic acids is 2. The van der Waals surface area contributed by atoms with Crippen molar-refractivity contribution in [1.82, 2.24) is 4.98 Å². The van der Waals surface area contributed by atoms with Gasteiger partial charge in [-0.2, -0.15) is 0 Å². The first-order valence-corrected chi connectivity index (χ1v) is 8.00. The number of carboxylic acids is 1. The molecule has 2 aromatic carbocycles. The SMILES string of the molecule is Cc1ccc2sc(-c3ccc(NC(=O)/C=C/C(=O)[O-])cc3)nc2c1. The molecule has 0 unspecified atom stereocenters. The predicted octanol–water partition coefficient (Wildman–Crippen LogP) is 2.52. The van der Waals surface area contributed by atoms with Gasteiger partial charge in [0.2, 0.25) is 5.91 Å². The summed E-state index contributed by atoms with van der Waals surface area (Å²) in [7, 11) is 0. The number of aliphatic carboxylic acids is 1. The van der Waals surface area contributed by atoms with Crippen molar-refractivity contribution < 1.29 is 14.7 Å². The molecule has 0 bridgehead atoms. The van der Waals surface area contributed by atoms with Gasteiger partial charge in [0.1, 0.15) is 5.01 Å². The Morgan fingerprint density at radius 3 is 2.58 bits per heavy atom. The third kappa shape index (κ3) is 3.67. The number of aryl methyl sites for hydroxylation is 1. The van der Waals surface area contributed by atoms with E-state index < -0.39 is 11.9 Å². The van der Waals surface area contributed by atoms with E-state index in [1.165, 1.54) is 5.56 Å². The lowest BCUT2D eigenvalue weighted by molar-refractivity contribution is -0.297. The van der Waals surface area contributed by atoms with Gasteiger partial charge in [0.25, 0.3) is 0 Å². The number of anilines is 1. The van der Waals surface area contributed by atoms with Gasteiger partial charge in [0.15, 0.2) is 0 Å². The van der Waals surface area contributed by atoms with Crippen LogP contribution in [-0.4, -0.2) is 16.9 Å². The topological polar surface area (TPSA) is 82.1 Å². The lowest BCUT2D eigenvalue weighted by atomic mass is 10.2. The number of benzene rings is 2. The highest BCUT2D eigenvalue weighted by Crippen LogP contribution is 2.31. The predicted molar refractivity (Wildman–Crippen MR) is 92.6 cm³/mol. The van der Waals surface area contributed by atoms with Crippen LogP contribution in [0.2, 0.25) is 0 Å². The van der Waals surface area contributed by atoms with E-state index in [-0.39, 0.29) is 0 Å². The molecule has 0 saturated carbocycles. The van der Waals surface area contributed by atoms with Crippen molar-refractivity contribution in [3.8, 4) is 10.6 Å². The fraction of sp³-hybridized carbons (Fsp3) is 0.0556. The molecule has 3 rings (SSSR count). The fourth-order valence-electron chi connectivity index (χ4n) is 2.18. The van der Waals surface area contributed by atoms with Crippen molar-refractivity contribution in [1.29, 1.82) is 0 Å². The maximum Gasteiger partial charge on any atom is 0.248 e. The molecule has 0 aliphatic rings. The van der Waals surface area contributed by atoms with Crippen molar-refractivity contribution in [3.63, 3.8) is 0 Å². The van der Waals surface area contributed by atoms with Crippen molar-refractivity contribution in [2.24, 2.45) is 0 Å². The summed E-state index contributed by atoms with van der Waals surface area (Å²) in [6, 6.07) is 13.4. The molecule has 0 aliphatic heterocycles. The number of nitrogens with zero attached hydrogens (tertiary/aromatic N) is 1. The van der Waals surface area contributed by atoms with Gasteiger partial charge >= 0.3 is 0 Å². The Labute approximate surface area is 142 Å². The molecule has 120 valence electrons. The maximum absolute atomic E-state index is 11.5. The van der Waals surface area contributed by atoms with E-state index >= 15 is 0 Å². The van der Waals surface area contributed by atoms with Crippen molar-refractivity contribution in [2.45, 2.75) is 6.92 Å². The van der Waals surface area contributed by atoms with E-state index in [2.05, 4.69) is 22.4 Å². The normalized spacial score (nSPS) is 11.0. The molecule has 6 heteroatoms. The maximum atomic E-state index is 11.5. The summed E-state index contributed by atoms with van der Waals surface area (Å²) < 4.78 is 1.13. The molecule has 1 heterocycles. The van der Waals surface area contributed by atoms with E-state index in [4.69, 9.17) is 0 Å². The number of carbonyl (C=O) groups is 2. The number of nitrogens with one attached hydrogen (secondary N) is 1. The number of carboxylic acid groups (broad SMARTS) is 1. The minimum atomic E-state index is -1.41. The summed E-state index contributed by atoms with van der Waals surface area (Å²) in [5.41, 5.74) is 3.67. The fourth-order valence-corrected chi connectivity index (χ4v) is 3.14. The van der Waals surface area contributed by atoms with Crippen LogP contribution in [0.15, 0.2) is 54.6 Å². The number of rotatable bonds is 4. The molecule has 5 nitrogen and oxygen atoms in total. The number of hydrogen-bond donors (Lipinski definition) is 1. The molecule has 1 N–H and O–H groups in total. The summed E-state index contributed by atoms with van der Waals surface area (Å²) in [5, 5.41) is 13.8. The molecule has 0 fully saturated rings. The molecule has 1 amide bonds. The second kappa shape index (κ2) is 6.64. The van der Waals surface area contributed by atoms with Crippen LogP contribution in [-0.2, 0) is 9.59 Å². The third-order valence-corrected chi connectivity index (χ3v) is 4.40. The van der Waals surface area contributed by atoms with E-state index in [9.17, 15) is 14.7 Å². The molecule has 0 radical (unpaired) electrons. The van der Waals surface area contributed by atoms with Gasteiger partial charge in [-0.25, -0.2) is 4.98 Å². The van der Waals surface area contributed by atoms with Gasteiger partial charge in [-0.05, 0) is 55.0 Å². The Morgan fingerprint density at radius 1 is 1.12 bits per heavy atom.